The highest BCUT2D eigenvalue weighted by atomic mass is 35.5. The second-order valence-corrected chi connectivity index (χ2v) is 2.86. The summed E-state index contributed by atoms with van der Waals surface area (Å²) in [7, 11) is 1.40. The van der Waals surface area contributed by atoms with Gasteiger partial charge in [0.25, 0.3) is 0 Å². The van der Waals surface area contributed by atoms with E-state index in [-0.39, 0.29) is 23.1 Å². The van der Waals surface area contributed by atoms with Gasteiger partial charge in [0.15, 0.2) is 24.6 Å². The summed E-state index contributed by atoms with van der Waals surface area (Å²) >= 11 is 5.66. The molecule has 0 radical (unpaired) electrons. The largest absolute Gasteiger partial charge is 0.463 e. The summed E-state index contributed by atoms with van der Waals surface area (Å²) < 4.78 is 22.8. The molecule has 0 aromatic heterocycles. The van der Waals surface area contributed by atoms with Crippen LogP contribution in [0.1, 0.15) is 10.4 Å². The number of carbonyl (C=O) groups excluding carboxylic acids is 1. The minimum Gasteiger partial charge on any atom is -0.463 e. The Morgan fingerprint density at radius 1 is 1.57 bits per heavy atom. The lowest BCUT2D eigenvalue weighted by Crippen LogP contribution is -2.03. The summed E-state index contributed by atoms with van der Waals surface area (Å²) in [5, 5.41) is 0.102. The van der Waals surface area contributed by atoms with Crippen molar-refractivity contribution in [3.63, 3.8) is 0 Å². The zero-order valence-corrected chi connectivity index (χ0v) is 8.18. The minimum atomic E-state index is -0.774. The third-order valence-electron chi connectivity index (χ3n) is 1.53. The van der Waals surface area contributed by atoms with Gasteiger partial charge >= 0.3 is 0 Å². The molecule has 0 aliphatic heterocycles. The Morgan fingerprint density at radius 3 is 2.86 bits per heavy atom. The number of methoxy groups -OCH3 is 1. The molecule has 0 saturated heterocycles. The van der Waals surface area contributed by atoms with Gasteiger partial charge in [-0.3, -0.25) is 4.79 Å². The van der Waals surface area contributed by atoms with Crippen molar-refractivity contribution in [3.05, 3.63) is 28.5 Å². The smallest absolute Gasteiger partial charge is 0.188 e. The molecule has 0 bridgehead atoms. The van der Waals surface area contributed by atoms with Crippen molar-refractivity contribution in [2.24, 2.45) is 0 Å². The van der Waals surface area contributed by atoms with E-state index in [2.05, 4.69) is 4.74 Å². The SMILES string of the molecule is COCOc1c(Cl)ccc(C=O)c1F. The lowest BCUT2D eigenvalue weighted by atomic mass is 10.2. The molecule has 0 spiro atoms. The molecule has 0 N–H and O–H groups in total. The average molecular weight is 219 g/mol. The number of hydrogen-bond donors (Lipinski definition) is 0. The van der Waals surface area contributed by atoms with E-state index in [0.29, 0.717) is 6.29 Å². The summed E-state index contributed by atoms with van der Waals surface area (Å²) in [6.07, 6.45) is 0.394. The van der Waals surface area contributed by atoms with Gasteiger partial charge < -0.3 is 9.47 Å². The predicted molar refractivity (Wildman–Crippen MR) is 49.3 cm³/mol. The summed E-state index contributed by atoms with van der Waals surface area (Å²) in [5.41, 5.74) is -0.0968. The summed E-state index contributed by atoms with van der Waals surface area (Å²) in [5.74, 6) is -0.942. The van der Waals surface area contributed by atoms with E-state index in [4.69, 9.17) is 16.3 Å². The van der Waals surface area contributed by atoms with E-state index < -0.39 is 5.82 Å². The molecule has 0 amide bonds. The summed E-state index contributed by atoms with van der Waals surface area (Å²) in [6, 6.07) is 2.67. The van der Waals surface area contributed by atoms with Crippen LogP contribution in [0, 0.1) is 5.82 Å². The van der Waals surface area contributed by atoms with E-state index in [1.54, 1.807) is 0 Å². The Balaban J connectivity index is 3.05. The number of benzene rings is 1. The Morgan fingerprint density at radius 2 is 2.29 bits per heavy atom. The van der Waals surface area contributed by atoms with Crippen LogP contribution in [0.2, 0.25) is 5.02 Å². The molecule has 0 unspecified atom stereocenters. The highest BCUT2D eigenvalue weighted by Crippen LogP contribution is 2.29. The first-order chi connectivity index (χ1) is 6.70. The molecule has 1 rings (SSSR count). The fourth-order valence-corrected chi connectivity index (χ4v) is 1.09. The zero-order chi connectivity index (χ0) is 10.6. The molecule has 0 aliphatic rings. The van der Waals surface area contributed by atoms with Crippen LogP contribution in [-0.2, 0) is 4.74 Å². The number of aldehydes is 1. The van der Waals surface area contributed by atoms with Crippen molar-refractivity contribution >= 4 is 17.9 Å². The molecule has 5 heteroatoms. The van der Waals surface area contributed by atoms with Crippen molar-refractivity contribution in [2.75, 3.05) is 13.9 Å². The Kier molecular flexibility index (Phi) is 3.85. The molecule has 0 heterocycles. The van der Waals surface area contributed by atoms with Gasteiger partial charge in [0, 0.05) is 7.11 Å². The second kappa shape index (κ2) is 4.93. The third-order valence-corrected chi connectivity index (χ3v) is 1.82. The van der Waals surface area contributed by atoms with Crippen molar-refractivity contribution in [2.45, 2.75) is 0 Å². The van der Waals surface area contributed by atoms with E-state index >= 15 is 0 Å². The predicted octanol–water partition coefficient (Wildman–Crippen LogP) is 2.27. The quantitative estimate of drug-likeness (QED) is 0.575. The van der Waals surface area contributed by atoms with Crippen LogP contribution >= 0.6 is 11.6 Å². The standard InChI is InChI=1S/C9H8ClFO3/c1-13-5-14-9-7(10)3-2-6(4-12)8(9)11/h2-4H,5H2,1H3. The fraction of sp³-hybridized carbons (Fsp3) is 0.222. The van der Waals surface area contributed by atoms with Crippen molar-refractivity contribution < 1.29 is 18.7 Å². The van der Waals surface area contributed by atoms with Gasteiger partial charge in [-0.1, -0.05) is 11.6 Å². The maximum atomic E-state index is 13.4. The molecule has 14 heavy (non-hydrogen) atoms. The highest BCUT2D eigenvalue weighted by molar-refractivity contribution is 6.32. The van der Waals surface area contributed by atoms with Crippen LogP contribution in [0.25, 0.3) is 0 Å². The molecule has 0 atom stereocenters. The lowest BCUT2D eigenvalue weighted by molar-refractivity contribution is 0.0482. The lowest BCUT2D eigenvalue weighted by Gasteiger charge is -2.08. The van der Waals surface area contributed by atoms with Crippen molar-refractivity contribution in [1.82, 2.24) is 0 Å². The van der Waals surface area contributed by atoms with Crippen LogP contribution in [0.15, 0.2) is 12.1 Å². The Labute approximate surface area is 85.4 Å². The number of carbonyl (C=O) groups is 1. The van der Waals surface area contributed by atoms with Gasteiger partial charge in [-0.05, 0) is 12.1 Å². The maximum absolute atomic E-state index is 13.4. The van der Waals surface area contributed by atoms with Crippen molar-refractivity contribution in [3.8, 4) is 5.75 Å². The first-order valence-corrected chi connectivity index (χ1v) is 4.13. The maximum Gasteiger partial charge on any atom is 0.188 e. The summed E-state index contributed by atoms with van der Waals surface area (Å²) in [6.45, 7) is -0.126. The zero-order valence-electron chi connectivity index (χ0n) is 7.42. The first-order valence-electron chi connectivity index (χ1n) is 3.75. The number of rotatable bonds is 4. The fourth-order valence-electron chi connectivity index (χ4n) is 0.889. The van der Waals surface area contributed by atoms with Crippen LogP contribution in [-0.4, -0.2) is 20.2 Å². The van der Waals surface area contributed by atoms with Gasteiger partial charge in [0.2, 0.25) is 0 Å². The van der Waals surface area contributed by atoms with Gasteiger partial charge in [-0.25, -0.2) is 4.39 Å². The number of hydrogen-bond acceptors (Lipinski definition) is 3. The van der Waals surface area contributed by atoms with E-state index in [1.165, 1.54) is 19.2 Å². The summed E-state index contributed by atoms with van der Waals surface area (Å²) in [4.78, 5) is 10.4. The number of halogens is 2. The monoisotopic (exact) mass is 218 g/mol. The Hall–Kier alpha value is -1.13. The molecule has 0 fully saturated rings. The molecule has 76 valence electrons. The van der Waals surface area contributed by atoms with Gasteiger partial charge in [-0.2, -0.15) is 0 Å². The van der Waals surface area contributed by atoms with Crippen LogP contribution in [0.5, 0.6) is 5.75 Å². The van der Waals surface area contributed by atoms with E-state index in [9.17, 15) is 9.18 Å². The third kappa shape index (κ3) is 2.21. The van der Waals surface area contributed by atoms with Gasteiger partial charge in [0.1, 0.15) is 0 Å². The molecular formula is C9H8ClFO3. The van der Waals surface area contributed by atoms with Crippen LogP contribution in [0.3, 0.4) is 0 Å². The molecule has 0 saturated carbocycles. The molecule has 1 aromatic rings. The second-order valence-electron chi connectivity index (χ2n) is 2.45. The van der Waals surface area contributed by atoms with E-state index in [0.717, 1.165) is 0 Å². The molecule has 1 aromatic carbocycles. The number of ether oxygens (including phenoxy) is 2. The highest BCUT2D eigenvalue weighted by Gasteiger charge is 2.12. The Bertz CT molecular complexity index is 341. The first kappa shape index (κ1) is 10.9. The topological polar surface area (TPSA) is 35.5 Å². The van der Waals surface area contributed by atoms with Gasteiger partial charge in [-0.15, -0.1) is 0 Å². The van der Waals surface area contributed by atoms with Crippen LogP contribution < -0.4 is 4.74 Å². The minimum absolute atomic E-state index is 0.0968. The average Bonchev–Trinajstić information content (AvgIpc) is 2.18. The van der Waals surface area contributed by atoms with Gasteiger partial charge in [0.05, 0.1) is 10.6 Å². The van der Waals surface area contributed by atoms with Crippen LogP contribution in [0.4, 0.5) is 4.39 Å². The molecule has 3 nitrogen and oxygen atoms in total. The molecule has 0 aliphatic carbocycles. The normalized spacial score (nSPS) is 9.93. The molecular weight excluding hydrogens is 211 g/mol. The van der Waals surface area contributed by atoms with E-state index in [1.807, 2.05) is 0 Å². The van der Waals surface area contributed by atoms with Crippen molar-refractivity contribution in [1.29, 1.82) is 0 Å².